The lowest BCUT2D eigenvalue weighted by molar-refractivity contribution is 0.328. The number of guanidine groups is 1. The van der Waals surface area contributed by atoms with Gasteiger partial charge >= 0.3 is 0 Å². The van der Waals surface area contributed by atoms with Gasteiger partial charge in [0.05, 0.1) is 6.54 Å². The molecule has 0 radical (unpaired) electrons. The Balaban J connectivity index is 0.00000200. The lowest BCUT2D eigenvalue weighted by Gasteiger charge is -2.10. The Morgan fingerprint density at radius 1 is 1.30 bits per heavy atom. The van der Waals surface area contributed by atoms with Gasteiger partial charge in [-0.15, -0.1) is 24.0 Å². The Morgan fingerprint density at radius 2 is 2.00 bits per heavy atom. The highest BCUT2D eigenvalue weighted by Crippen LogP contribution is 2.18. The van der Waals surface area contributed by atoms with Crippen molar-refractivity contribution in [3.8, 4) is 5.75 Å². The van der Waals surface area contributed by atoms with Gasteiger partial charge in [0.15, 0.2) is 5.96 Å². The molecule has 0 aromatic heterocycles. The Labute approximate surface area is 138 Å². The van der Waals surface area contributed by atoms with E-state index in [1.807, 2.05) is 12.1 Å². The summed E-state index contributed by atoms with van der Waals surface area (Å²) in [6, 6.07) is 8.71. The van der Waals surface area contributed by atoms with Crippen LogP contribution in [0.4, 0.5) is 0 Å². The van der Waals surface area contributed by atoms with Crippen molar-refractivity contribution in [3.63, 3.8) is 0 Å². The van der Waals surface area contributed by atoms with Crippen LogP contribution in [0.1, 0.15) is 25.3 Å². The van der Waals surface area contributed by atoms with Crippen LogP contribution in [-0.2, 0) is 0 Å². The summed E-state index contributed by atoms with van der Waals surface area (Å²) in [5.74, 6) is 1.80. The van der Waals surface area contributed by atoms with Crippen molar-refractivity contribution < 1.29 is 4.74 Å². The maximum Gasteiger partial charge on any atom is 0.191 e. The molecule has 0 amide bonds. The summed E-state index contributed by atoms with van der Waals surface area (Å²) in [6.45, 7) is 6.30. The van der Waals surface area contributed by atoms with E-state index in [2.05, 4.69) is 41.6 Å². The van der Waals surface area contributed by atoms with Crippen molar-refractivity contribution >= 4 is 29.9 Å². The molecule has 20 heavy (non-hydrogen) atoms. The molecule has 0 aliphatic heterocycles. The van der Waals surface area contributed by atoms with E-state index in [-0.39, 0.29) is 24.0 Å². The zero-order valence-corrected chi connectivity index (χ0v) is 14.5. The van der Waals surface area contributed by atoms with Crippen LogP contribution >= 0.6 is 24.0 Å². The van der Waals surface area contributed by atoms with Gasteiger partial charge in [-0.05, 0) is 38.8 Å². The number of halogens is 1. The first-order valence-corrected chi connectivity index (χ1v) is 7.02. The smallest absolute Gasteiger partial charge is 0.191 e. The first-order chi connectivity index (χ1) is 9.28. The molecule has 1 aliphatic rings. The van der Waals surface area contributed by atoms with E-state index in [0.717, 1.165) is 18.3 Å². The minimum absolute atomic E-state index is 0. The maximum atomic E-state index is 5.65. The van der Waals surface area contributed by atoms with Crippen molar-refractivity contribution in [2.24, 2.45) is 4.99 Å². The third-order valence-electron chi connectivity index (χ3n) is 2.91. The molecule has 0 heterocycles. The second-order valence-electron chi connectivity index (χ2n) is 4.84. The summed E-state index contributed by atoms with van der Waals surface area (Å²) >= 11 is 0. The van der Waals surface area contributed by atoms with Gasteiger partial charge < -0.3 is 15.4 Å². The van der Waals surface area contributed by atoms with E-state index in [9.17, 15) is 0 Å². The van der Waals surface area contributed by atoms with Crippen LogP contribution in [0.2, 0.25) is 0 Å². The first kappa shape index (κ1) is 17.1. The normalized spacial score (nSPS) is 14.4. The van der Waals surface area contributed by atoms with Crippen molar-refractivity contribution in [2.75, 3.05) is 19.7 Å². The standard InChI is InChI=1S/C15H23N3O.HI/c1-3-16-15(18-13-6-7-13)17-10-11-19-14-8-4-12(2)5-9-14;/h4-5,8-9,13H,3,6-7,10-11H2,1-2H3,(H2,16,17,18);1H. The van der Waals surface area contributed by atoms with Crippen molar-refractivity contribution in [2.45, 2.75) is 32.7 Å². The molecule has 1 aliphatic carbocycles. The van der Waals surface area contributed by atoms with Crippen molar-refractivity contribution in [1.29, 1.82) is 0 Å². The molecular formula is C15H24IN3O. The second-order valence-corrected chi connectivity index (χ2v) is 4.84. The zero-order valence-electron chi connectivity index (χ0n) is 12.2. The zero-order chi connectivity index (χ0) is 13.5. The fourth-order valence-electron chi connectivity index (χ4n) is 1.70. The number of aliphatic imine (C=N–C) groups is 1. The Hall–Kier alpha value is -0.980. The number of nitrogens with zero attached hydrogens (tertiary/aromatic N) is 1. The summed E-state index contributed by atoms with van der Waals surface area (Å²) in [6.07, 6.45) is 2.51. The third kappa shape index (κ3) is 6.45. The van der Waals surface area contributed by atoms with Gasteiger partial charge in [0.1, 0.15) is 12.4 Å². The van der Waals surface area contributed by atoms with Crippen LogP contribution in [0.3, 0.4) is 0 Å². The second kappa shape index (κ2) is 9.05. The number of hydrogen-bond acceptors (Lipinski definition) is 2. The largest absolute Gasteiger partial charge is 0.492 e. The molecule has 0 unspecified atom stereocenters. The molecule has 0 saturated heterocycles. The van der Waals surface area contributed by atoms with Crippen LogP contribution in [0.25, 0.3) is 0 Å². The lowest BCUT2D eigenvalue weighted by atomic mass is 10.2. The molecule has 0 spiro atoms. The van der Waals surface area contributed by atoms with E-state index >= 15 is 0 Å². The minimum atomic E-state index is 0. The predicted molar refractivity (Wildman–Crippen MR) is 94.2 cm³/mol. The molecule has 2 rings (SSSR count). The Kier molecular flexibility index (Phi) is 7.72. The predicted octanol–water partition coefficient (Wildman–Crippen LogP) is 2.71. The molecule has 0 bridgehead atoms. The lowest BCUT2D eigenvalue weighted by Crippen LogP contribution is -2.38. The number of benzene rings is 1. The van der Waals surface area contributed by atoms with E-state index < -0.39 is 0 Å². The van der Waals surface area contributed by atoms with Crippen molar-refractivity contribution in [3.05, 3.63) is 29.8 Å². The SMILES string of the molecule is CCNC(=NCCOc1ccc(C)cc1)NC1CC1.I. The van der Waals surface area contributed by atoms with Crippen LogP contribution in [0.15, 0.2) is 29.3 Å². The maximum absolute atomic E-state index is 5.65. The molecule has 1 aromatic carbocycles. The van der Waals surface area contributed by atoms with E-state index in [1.165, 1.54) is 18.4 Å². The molecule has 112 valence electrons. The molecule has 1 aromatic rings. The van der Waals surface area contributed by atoms with E-state index in [0.29, 0.717) is 19.2 Å². The topological polar surface area (TPSA) is 45.7 Å². The summed E-state index contributed by atoms with van der Waals surface area (Å²) in [4.78, 5) is 4.50. The number of aryl methyl sites for hydroxylation is 1. The van der Waals surface area contributed by atoms with Gasteiger partial charge in [-0.3, -0.25) is 0 Å². The third-order valence-corrected chi connectivity index (χ3v) is 2.91. The van der Waals surface area contributed by atoms with Gasteiger partial charge in [0.2, 0.25) is 0 Å². The van der Waals surface area contributed by atoms with E-state index in [1.54, 1.807) is 0 Å². The van der Waals surface area contributed by atoms with Crippen LogP contribution < -0.4 is 15.4 Å². The summed E-state index contributed by atoms with van der Waals surface area (Å²) < 4.78 is 5.65. The highest BCUT2D eigenvalue weighted by Gasteiger charge is 2.21. The van der Waals surface area contributed by atoms with Gasteiger partial charge in [-0.25, -0.2) is 4.99 Å². The van der Waals surface area contributed by atoms with Crippen LogP contribution in [0.5, 0.6) is 5.75 Å². The highest BCUT2D eigenvalue weighted by molar-refractivity contribution is 14.0. The average Bonchev–Trinajstić information content (AvgIpc) is 3.21. The van der Waals surface area contributed by atoms with Gasteiger partial charge in [-0.2, -0.15) is 0 Å². The molecular weight excluding hydrogens is 365 g/mol. The number of ether oxygens (including phenoxy) is 1. The summed E-state index contributed by atoms with van der Waals surface area (Å²) in [5, 5.41) is 6.62. The fraction of sp³-hybridized carbons (Fsp3) is 0.533. The highest BCUT2D eigenvalue weighted by atomic mass is 127. The number of nitrogens with one attached hydrogen (secondary N) is 2. The average molecular weight is 389 g/mol. The van der Waals surface area contributed by atoms with Crippen LogP contribution in [0, 0.1) is 6.92 Å². The number of rotatable bonds is 6. The van der Waals surface area contributed by atoms with Crippen molar-refractivity contribution in [1.82, 2.24) is 10.6 Å². The summed E-state index contributed by atoms with van der Waals surface area (Å²) in [7, 11) is 0. The van der Waals surface area contributed by atoms with Gasteiger partial charge in [-0.1, -0.05) is 17.7 Å². The monoisotopic (exact) mass is 389 g/mol. The first-order valence-electron chi connectivity index (χ1n) is 7.02. The molecule has 5 heteroatoms. The minimum Gasteiger partial charge on any atom is -0.492 e. The fourth-order valence-corrected chi connectivity index (χ4v) is 1.70. The van der Waals surface area contributed by atoms with E-state index in [4.69, 9.17) is 4.74 Å². The molecule has 0 atom stereocenters. The molecule has 1 saturated carbocycles. The molecule has 1 fully saturated rings. The van der Waals surface area contributed by atoms with Crippen LogP contribution in [-0.4, -0.2) is 31.7 Å². The Bertz CT molecular complexity index is 416. The molecule has 4 nitrogen and oxygen atoms in total. The van der Waals surface area contributed by atoms with Gasteiger partial charge in [0.25, 0.3) is 0 Å². The Morgan fingerprint density at radius 3 is 2.60 bits per heavy atom. The summed E-state index contributed by atoms with van der Waals surface area (Å²) in [5.41, 5.74) is 1.24. The van der Waals surface area contributed by atoms with Gasteiger partial charge in [0, 0.05) is 12.6 Å². The quantitative estimate of drug-likeness (QED) is 0.341. The number of hydrogen-bond donors (Lipinski definition) is 2. The molecule has 2 N–H and O–H groups in total.